The Hall–Kier alpha value is -2.59. The number of amides is 2. The average molecular weight is 355 g/mol. The predicted octanol–water partition coefficient (Wildman–Crippen LogP) is 3.61. The van der Waals surface area contributed by atoms with Gasteiger partial charge in [-0.05, 0) is 35.4 Å². The molecule has 1 aliphatic heterocycles. The van der Waals surface area contributed by atoms with Crippen LogP contribution in [0.3, 0.4) is 0 Å². The van der Waals surface area contributed by atoms with E-state index in [0.29, 0.717) is 11.6 Å². The Morgan fingerprint density at radius 3 is 2.56 bits per heavy atom. The second-order valence-electron chi connectivity index (χ2n) is 6.00. The van der Waals surface area contributed by atoms with Gasteiger partial charge in [-0.1, -0.05) is 48.0 Å². The topological polar surface area (TPSA) is 49.4 Å². The number of rotatable bonds is 4. The van der Waals surface area contributed by atoms with Gasteiger partial charge in [0.25, 0.3) is 0 Å². The van der Waals surface area contributed by atoms with Crippen molar-refractivity contribution in [3.8, 4) is 0 Å². The fraction of sp³-hybridized carbons (Fsp3) is 0.200. The smallest absolute Gasteiger partial charge is 0.227 e. The van der Waals surface area contributed by atoms with Gasteiger partial charge >= 0.3 is 0 Å². The highest BCUT2D eigenvalue weighted by atomic mass is 35.5. The SMILES string of the molecule is CNC(=O)C1CC(=O)N(c2ccc(/C=C/c3cccc(Cl)c3)cc2)C1. The molecule has 128 valence electrons. The van der Waals surface area contributed by atoms with E-state index in [9.17, 15) is 9.59 Å². The van der Waals surface area contributed by atoms with E-state index in [-0.39, 0.29) is 24.2 Å². The molecule has 3 rings (SSSR count). The molecule has 0 radical (unpaired) electrons. The molecule has 0 saturated carbocycles. The number of carbonyl (C=O) groups is 2. The highest BCUT2D eigenvalue weighted by molar-refractivity contribution is 6.30. The molecule has 2 aromatic rings. The molecule has 0 spiro atoms. The molecular weight excluding hydrogens is 336 g/mol. The van der Waals surface area contributed by atoms with E-state index in [1.165, 1.54) is 0 Å². The van der Waals surface area contributed by atoms with Crippen molar-refractivity contribution in [2.45, 2.75) is 6.42 Å². The van der Waals surface area contributed by atoms with Crippen LogP contribution in [-0.2, 0) is 9.59 Å². The summed E-state index contributed by atoms with van der Waals surface area (Å²) >= 11 is 5.98. The molecule has 1 N–H and O–H groups in total. The molecule has 0 aromatic heterocycles. The molecule has 1 atom stereocenters. The van der Waals surface area contributed by atoms with E-state index in [4.69, 9.17) is 11.6 Å². The van der Waals surface area contributed by atoms with Crippen molar-refractivity contribution in [2.75, 3.05) is 18.5 Å². The van der Waals surface area contributed by atoms with Gasteiger partial charge in [-0.25, -0.2) is 0 Å². The second kappa shape index (κ2) is 7.53. The third-order valence-electron chi connectivity index (χ3n) is 4.26. The van der Waals surface area contributed by atoms with E-state index in [1.807, 2.05) is 60.7 Å². The van der Waals surface area contributed by atoms with Crippen molar-refractivity contribution in [2.24, 2.45) is 5.92 Å². The number of hydrogen-bond acceptors (Lipinski definition) is 2. The quantitative estimate of drug-likeness (QED) is 0.853. The predicted molar refractivity (Wildman–Crippen MR) is 101 cm³/mol. The van der Waals surface area contributed by atoms with Gasteiger partial charge in [-0.15, -0.1) is 0 Å². The van der Waals surface area contributed by atoms with E-state index >= 15 is 0 Å². The Bertz CT molecular complexity index is 815. The highest BCUT2D eigenvalue weighted by Crippen LogP contribution is 2.26. The van der Waals surface area contributed by atoms with E-state index in [0.717, 1.165) is 16.8 Å². The summed E-state index contributed by atoms with van der Waals surface area (Å²) in [4.78, 5) is 25.5. The van der Waals surface area contributed by atoms with Crippen molar-refractivity contribution in [1.82, 2.24) is 5.32 Å². The first-order chi connectivity index (χ1) is 12.1. The minimum atomic E-state index is -0.278. The number of nitrogens with one attached hydrogen (secondary N) is 1. The molecule has 1 heterocycles. The summed E-state index contributed by atoms with van der Waals surface area (Å²) in [6.45, 7) is 0.427. The van der Waals surface area contributed by atoms with Crippen LogP contribution in [0.2, 0.25) is 5.02 Å². The van der Waals surface area contributed by atoms with Crippen molar-refractivity contribution in [1.29, 1.82) is 0 Å². The average Bonchev–Trinajstić information content (AvgIpc) is 3.01. The first-order valence-electron chi connectivity index (χ1n) is 8.12. The standard InChI is InChI=1S/C20H19ClN2O2/c1-22-20(25)16-12-19(24)23(13-16)18-9-7-14(8-10-18)5-6-15-3-2-4-17(21)11-15/h2-11,16H,12-13H2,1H3,(H,22,25)/b6-5+. The maximum Gasteiger partial charge on any atom is 0.227 e. The molecule has 1 unspecified atom stereocenters. The minimum absolute atomic E-state index is 0.0178. The van der Waals surface area contributed by atoms with E-state index in [1.54, 1.807) is 11.9 Å². The van der Waals surface area contributed by atoms with Crippen LogP contribution in [0.5, 0.6) is 0 Å². The number of nitrogens with zero attached hydrogens (tertiary/aromatic N) is 1. The zero-order chi connectivity index (χ0) is 17.8. The van der Waals surface area contributed by atoms with Crippen LogP contribution in [0, 0.1) is 5.92 Å². The lowest BCUT2D eigenvalue weighted by Gasteiger charge is -2.16. The third kappa shape index (κ3) is 4.09. The maximum absolute atomic E-state index is 12.2. The van der Waals surface area contributed by atoms with Crippen LogP contribution in [0.15, 0.2) is 48.5 Å². The lowest BCUT2D eigenvalue weighted by atomic mass is 10.1. The highest BCUT2D eigenvalue weighted by Gasteiger charge is 2.34. The van der Waals surface area contributed by atoms with E-state index in [2.05, 4.69) is 5.32 Å². The summed E-state index contributed by atoms with van der Waals surface area (Å²) in [5, 5.41) is 3.31. The monoisotopic (exact) mass is 354 g/mol. The number of benzene rings is 2. The number of carbonyl (C=O) groups excluding carboxylic acids is 2. The summed E-state index contributed by atoms with van der Waals surface area (Å²) in [5.74, 6) is -0.382. The van der Waals surface area contributed by atoms with Crippen molar-refractivity contribution < 1.29 is 9.59 Å². The van der Waals surface area contributed by atoms with Crippen LogP contribution in [0.1, 0.15) is 17.5 Å². The molecule has 2 aromatic carbocycles. The van der Waals surface area contributed by atoms with Crippen LogP contribution in [0.25, 0.3) is 12.2 Å². The lowest BCUT2D eigenvalue weighted by Crippen LogP contribution is -2.30. The van der Waals surface area contributed by atoms with Gasteiger partial charge in [-0.2, -0.15) is 0 Å². The Morgan fingerprint density at radius 1 is 1.16 bits per heavy atom. The zero-order valence-corrected chi connectivity index (χ0v) is 14.7. The van der Waals surface area contributed by atoms with Crippen LogP contribution in [-0.4, -0.2) is 25.4 Å². The molecule has 4 nitrogen and oxygen atoms in total. The maximum atomic E-state index is 12.2. The van der Waals surface area contributed by atoms with Crippen molar-refractivity contribution in [3.05, 3.63) is 64.7 Å². The van der Waals surface area contributed by atoms with Gasteiger partial charge in [0.2, 0.25) is 11.8 Å². The third-order valence-corrected chi connectivity index (χ3v) is 4.50. The Morgan fingerprint density at radius 2 is 1.88 bits per heavy atom. The van der Waals surface area contributed by atoms with Gasteiger partial charge in [0.05, 0.1) is 5.92 Å². The first-order valence-corrected chi connectivity index (χ1v) is 8.50. The molecule has 5 heteroatoms. The summed E-state index contributed by atoms with van der Waals surface area (Å²) in [7, 11) is 1.59. The zero-order valence-electron chi connectivity index (χ0n) is 13.9. The lowest BCUT2D eigenvalue weighted by molar-refractivity contribution is -0.125. The summed E-state index contributed by atoms with van der Waals surface area (Å²) in [6, 6.07) is 15.4. The van der Waals surface area contributed by atoms with E-state index < -0.39 is 0 Å². The molecule has 2 amide bonds. The van der Waals surface area contributed by atoms with Crippen LogP contribution < -0.4 is 10.2 Å². The molecule has 0 bridgehead atoms. The van der Waals surface area contributed by atoms with Crippen LogP contribution in [0.4, 0.5) is 5.69 Å². The Kier molecular flexibility index (Phi) is 5.19. The first kappa shape index (κ1) is 17.2. The van der Waals surface area contributed by atoms with Gasteiger partial charge < -0.3 is 10.2 Å². The van der Waals surface area contributed by atoms with Crippen molar-refractivity contribution in [3.63, 3.8) is 0 Å². The van der Waals surface area contributed by atoms with Gasteiger partial charge in [-0.3, -0.25) is 9.59 Å². The van der Waals surface area contributed by atoms with Gasteiger partial charge in [0.1, 0.15) is 0 Å². The Labute approximate surface area is 152 Å². The molecule has 1 aliphatic rings. The molecular formula is C20H19ClN2O2. The summed E-state index contributed by atoms with van der Waals surface area (Å²) in [6.07, 6.45) is 4.24. The number of halogens is 1. The largest absolute Gasteiger partial charge is 0.359 e. The normalized spacial score (nSPS) is 17.3. The Balaban J connectivity index is 1.70. The molecule has 1 fully saturated rings. The molecule has 1 saturated heterocycles. The minimum Gasteiger partial charge on any atom is -0.359 e. The van der Waals surface area contributed by atoms with Gasteiger partial charge in [0.15, 0.2) is 0 Å². The summed E-state index contributed by atoms with van der Waals surface area (Å²) < 4.78 is 0. The van der Waals surface area contributed by atoms with Crippen molar-refractivity contribution >= 4 is 41.3 Å². The number of hydrogen-bond donors (Lipinski definition) is 1. The fourth-order valence-electron chi connectivity index (χ4n) is 2.90. The van der Waals surface area contributed by atoms with Crippen LogP contribution >= 0.6 is 11.6 Å². The second-order valence-corrected chi connectivity index (χ2v) is 6.44. The molecule has 25 heavy (non-hydrogen) atoms. The molecule has 0 aliphatic carbocycles. The van der Waals surface area contributed by atoms with Gasteiger partial charge in [0, 0.05) is 30.7 Å². The fourth-order valence-corrected chi connectivity index (χ4v) is 3.10. The number of anilines is 1. The summed E-state index contributed by atoms with van der Waals surface area (Å²) in [5.41, 5.74) is 2.87.